The molecule has 41 heavy (non-hydrogen) atoms. The van der Waals surface area contributed by atoms with Crippen LogP contribution in [0.15, 0.2) is 78.9 Å². The van der Waals surface area contributed by atoms with Gasteiger partial charge in [0.2, 0.25) is 11.8 Å². The number of hydrogen-bond acceptors (Lipinski definition) is 4. The average molecular weight is 620 g/mol. The third-order valence-corrected chi connectivity index (χ3v) is 8.59. The first-order valence-electron chi connectivity index (χ1n) is 13.0. The lowest BCUT2D eigenvalue weighted by Gasteiger charge is -2.36. The van der Waals surface area contributed by atoms with Crippen molar-refractivity contribution >= 4 is 50.9 Å². The quantitative estimate of drug-likeness (QED) is 0.321. The number of benzene rings is 3. The van der Waals surface area contributed by atoms with E-state index in [-0.39, 0.29) is 18.9 Å². The van der Waals surface area contributed by atoms with Gasteiger partial charge in [0.25, 0.3) is 0 Å². The standard InChI is InChI=1S/C30H36Cl2N4O4S/c1-30(2,3)33-29(38)27(18-22-12-8-6-9-13-22)35(20-23-16-17-24(31)19-26(23)32)28(37)21-36(41(39,40)34(4)5)25-14-10-7-11-15-25/h6-17,19,27H,18,20-21H2,1-5H3,(H,33,38)/t27-/m0/s1. The van der Waals surface area contributed by atoms with Gasteiger partial charge in [-0.25, -0.2) is 4.31 Å². The highest BCUT2D eigenvalue weighted by molar-refractivity contribution is 7.90. The van der Waals surface area contributed by atoms with Crippen LogP contribution in [-0.2, 0) is 32.8 Å². The molecule has 8 nitrogen and oxygen atoms in total. The monoisotopic (exact) mass is 618 g/mol. The van der Waals surface area contributed by atoms with Crippen LogP contribution < -0.4 is 9.62 Å². The lowest BCUT2D eigenvalue weighted by molar-refractivity contribution is -0.140. The fourth-order valence-electron chi connectivity index (χ4n) is 4.15. The molecule has 0 radical (unpaired) electrons. The summed E-state index contributed by atoms with van der Waals surface area (Å²) in [6.45, 7) is 4.98. The van der Waals surface area contributed by atoms with E-state index in [4.69, 9.17) is 23.2 Å². The van der Waals surface area contributed by atoms with Crippen molar-refractivity contribution in [3.8, 4) is 0 Å². The minimum atomic E-state index is -4.07. The van der Waals surface area contributed by atoms with Crippen molar-refractivity contribution in [2.45, 2.75) is 45.3 Å². The van der Waals surface area contributed by atoms with Crippen molar-refractivity contribution in [3.05, 3.63) is 100 Å². The summed E-state index contributed by atoms with van der Waals surface area (Å²) >= 11 is 12.6. The molecule has 3 aromatic rings. The zero-order valence-electron chi connectivity index (χ0n) is 23.8. The smallest absolute Gasteiger partial charge is 0.304 e. The first-order valence-corrected chi connectivity index (χ1v) is 15.2. The van der Waals surface area contributed by atoms with Crippen LogP contribution in [0, 0.1) is 0 Å². The minimum Gasteiger partial charge on any atom is -0.350 e. The molecule has 0 aromatic heterocycles. The van der Waals surface area contributed by atoms with Crippen LogP contribution in [0.5, 0.6) is 0 Å². The second-order valence-electron chi connectivity index (χ2n) is 10.8. The zero-order chi connectivity index (χ0) is 30.4. The number of para-hydroxylation sites is 1. The molecule has 3 rings (SSSR count). The Kier molecular flexibility index (Phi) is 10.8. The van der Waals surface area contributed by atoms with Crippen molar-refractivity contribution < 1.29 is 18.0 Å². The molecule has 11 heteroatoms. The highest BCUT2D eigenvalue weighted by atomic mass is 35.5. The van der Waals surface area contributed by atoms with E-state index in [1.54, 1.807) is 48.5 Å². The Morgan fingerprint density at radius 1 is 0.902 bits per heavy atom. The topological polar surface area (TPSA) is 90.0 Å². The average Bonchev–Trinajstić information content (AvgIpc) is 2.90. The first-order chi connectivity index (χ1) is 19.2. The minimum absolute atomic E-state index is 0.0471. The normalized spacial score (nSPS) is 12.6. The van der Waals surface area contributed by atoms with E-state index in [0.29, 0.717) is 21.3 Å². The van der Waals surface area contributed by atoms with Gasteiger partial charge in [-0.1, -0.05) is 77.8 Å². The van der Waals surface area contributed by atoms with Crippen molar-refractivity contribution in [1.29, 1.82) is 0 Å². The van der Waals surface area contributed by atoms with Crippen molar-refractivity contribution in [2.24, 2.45) is 0 Å². The molecule has 2 amide bonds. The molecule has 0 heterocycles. The van der Waals surface area contributed by atoms with Gasteiger partial charge in [0.05, 0.1) is 5.69 Å². The number of anilines is 1. The van der Waals surface area contributed by atoms with Crippen molar-refractivity contribution in [1.82, 2.24) is 14.5 Å². The van der Waals surface area contributed by atoms with E-state index in [9.17, 15) is 18.0 Å². The van der Waals surface area contributed by atoms with Gasteiger partial charge < -0.3 is 10.2 Å². The van der Waals surface area contributed by atoms with Gasteiger partial charge in [-0.3, -0.25) is 9.59 Å². The number of carbonyl (C=O) groups is 2. The van der Waals surface area contributed by atoms with E-state index in [1.807, 2.05) is 51.1 Å². The molecule has 1 atom stereocenters. The lowest BCUT2D eigenvalue weighted by atomic mass is 10.0. The van der Waals surface area contributed by atoms with E-state index >= 15 is 0 Å². The predicted octanol–water partition coefficient (Wildman–Crippen LogP) is 5.16. The van der Waals surface area contributed by atoms with E-state index in [2.05, 4.69) is 5.32 Å². The first kappa shape index (κ1) is 32.4. The van der Waals surface area contributed by atoms with E-state index < -0.39 is 34.2 Å². The van der Waals surface area contributed by atoms with Crippen LogP contribution in [0.2, 0.25) is 10.0 Å². The molecular formula is C30H36Cl2N4O4S. The van der Waals surface area contributed by atoms with Crippen LogP contribution in [-0.4, -0.2) is 61.7 Å². The SMILES string of the molecule is CN(C)S(=O)(=O)N(CC(=O)N(Cc1ccc(Cl)cc1Cl)[C@@H](Cc1ccccc1)C(=O)NC(C)(C)C)c1ccccc1. The van der Waals surface area contributed by atoms with Crippen molar-refractivity contribution in [2.75, 3.05) is 24.9 Å². The number of hydrogen-bond donors (Lipinski definition) is 1. The number of carbonyl (C=O) groups excluding carboxylic acids is 2. The molecule has 0 saturated carbocycles. The summed E-state index contributed by atoms with van der Waals surface area (Å²) in [5.41, 5.74) is 1.14. The Hall–Kier alpha value is -3.11. The van der Waals surface area contributed by atoms with Gasteiger partial charge in [-0.15, -0.1) is 0 Å². The molecule has 0 saturated heterocycles. The Morgan fingerprint density at radius 2 is 1.49 bits per heavy atom. The Balaban J connectivity index is 2.12. The maximum atomic E-state index is 14.2. The Morgan fingerprint density at radius 3 is 2.02 bits per heavy atom. The number of nitrogens with zero attached hydrogens (tertiary/aromatic N) is 3. The maximum Gasteiger partial charge on any atom is 0.304 e. The Labute approximate surface area is 253 Å². The van der Waals surface area contributed by atoms with Gasteiger partial charge in [0, 0.05) is 42.6 Å². The second-order valence-corrected chi connectivity index (χ2v) is 13.7. The highest BCUT2D eigenvalue weighted by Crippen LogP contribution is 2.26. The van der Waals surface area contributed by atoms with Gasteiger partial charge in [0.15, 0.2) is 0 Å². The molecule has 1 N–H and O–H groups in total. The summed E-state index contributed by atoms with van der Waals surface area (Å²) in [5.74, 6) is -0.947. The summed E-state index contributed by atoms with van der Waals surface area (Å²) in [7, 11) is -1.27. The number of rotatable bonds is 11. The summed E-state index contributed by atoms with van der Waals surface area (Å²) in [6.07, 6.45) is 0.200. The van der Waals surface area contributed by atoms with E-state index in [1.165, 1.54) is 19.0 Å². The maximum absolute atomic E-state index is 14.2. The van der Waals surface area contributed by atoms with E-state index in [0.717, 1.165) is 14.2 Å². The highest BCUT2D eigenvalue weighted by Gasteiger charge is 2.35. The largest absolute Gasteiger partial charge is 0.350 e. The fraction of sp³-hybridized carbons (Fsp3) is 0.333. The predicted molar refractivity (Wildman–Crippen MR) is 165 cm³/mol. The molecule has 0 aliphatic carbocycles. The third kappa shape index (κ3) is 8.94. The van der Waals surface area contributed by atoms with Crippen LogP contribution in [0.3, 0.4) is 0 Å². The zero-order valence-corrected chi connectivity index (χ0v) is 26.2. The summed E-state index contributed by atoms with van der Waals surface area (Å²) in [5, 5.41) is 3.74. The molecule has 0 spiro atoms. The summed E-state index contributed by atoms with van der Waals surface area (Å²) in [4.78, 5) is 29.4. The molecule has 3 aromatic carbocycles. The number of halogens is 2. The Bertz CT molecular complexity index is 1450. The number of nitrogens with one attached hydrogen (secondary N) is 1. The third-order valence-electron chi connectivity index (χ3n) is 6.19. The summed E-state index contributed by atoms with van der Waals surface area (Å²) in [6, 6.07) is 21.6. The van der Waals surface area contributed by atoms with Gasteiger partial charge in [-0.05, 0) is 56.2 Å². The molecule has 0 fully saturated rings. The summed E-state index contributed by atoms with van der Waals surface area (Å²) < 4.78 is 28.9. The van der Waals surface area contributed by atoms with Gasteiger partial charge in [-0.2, -0.15) is 12.7 Å². The van der Waals surface area contributed by atoms with Crippen LogP contribution in [0.1, 0.15) is 31.9 Å². The molecule has 0 aliphatic rings. The molecule has 220 valence electrons. The lowest BCUT2D eigenvalue weighted by Crippen LogP contribution is -2.56. The number of amides is 2. The molecule has 0 aliphatic heterocycles. The molecular weight excluding hydrogens is 583 g/mol. The second kappa shape index (κ2) is 13.7. The van der Waals surface area contributed by atoms with Crippen LogP contribution in [0.4, 0.5) is 5.69 Å². The molecule has 0 bridgehead atoms. The van der Waals surface area contributed by atoms with Crippen LogP contribution in [0.25, 0.3) is 0 Å². The van der Waals surface area contributed by atoms with Crippen molar-refractivity contribution in [3.63, 3.8) is 0 Å². The molecule has 0 unspecified atom stereocenters. The van der Waals surface area contributed by atoms with Crippen LogP contribution >= 0.6 is 23.2 Å². The van der Waals surface area contributed by atoms with Gasteiger partial charge >= 0.3 is 10.2 Å². The van der Waals surface area contributed by atoms with Gasteiger partial charge in [0.1, 0.15) is 12.6 Å². The fourth-order valence-corrected chi connectivity index (χ4v) is 5.68.